The van der Waals surface area contributed by atoms with Crippen LogP contribution < -0.4 is 16.7 Å². The van der Waals surface area contributed by atoms with E-state index in [1.165, 1.54) is 10.7 Å². The molecular weight excluding hydrogens is 208 g/mol. The Morgan fingerprint density at radius 3 is 3.25 bits per heavy atom. The van der Waals surface area contributed by atoms with Crippen molar-refractivity contribution in [2.75, 3.05) is 18.4 Å². The van der Waals surface area contributed by atoms with Crippen LogP contribution in [0.15, 0.2) is 17.2 Å². The highest BCUT2D eigenvalue weighted by Gasteiger charge is 2.03. The molecule has 2 aromatic rings. The number of rotatable bonds is 4. The molecule has 2 rings (SSSR count). The zero-order valence-corrected chi connectivity index (χ0v) is 8.97. The number of hydrogen-bond acceptors (Lipinski definition) is 5. The molecule has 0 amide bonds. The number of nitrogens with zero attached hydrogens (tertiary/aromatic N) is 3. The predicted octanol–water partition coefficient (Wildman–Crippen LogP) is -0.576. The second-order valence-corrected chi connectivity index (χ2v) is 3.75. The number of anilines is 1. The van der Waals surface area contributed by atoms with Crippen LogP contribution in [0.2, 0.25) is 0 Å². The Hall–Kier alpha value is -1.89. The summed E-state index contributed by atoms with van der Waals surface area (Å²) in [5, 5.41) is 9.33. The monoisotopic (exact) mass is 222 g/mol. The maximum Gasteiger partial charge on any atom is 0.348 e. The van der Waals surface area contributed by atoms with Crippen LogP contribution in [0, 0.1) is 5.92 Å². The molecule has 0 saturated carbocycles. The van der Waals surface area contributed by atoms with E-state index in [1.54, 1.807) is 6.07 Å². The van der Waals surface area contributed by atoms with Gasteiger partial charge in [-0.3, -0.25) is 0 Å². The highest BCUT2D eigenvalue weighted by Crippen LogP contribution is 2.05. The van der Waals surface area contributed by atoms with Gasteiger partial charge in [-0.25, -0.2) is 19.3 Å². The van der Waals surface area contributed by atoms with Crippen LogP contribution in [-0.2, 0) is 0 Å². The third-order valence-electron chi connectivity index (χ3n) is 2.34. The Labute approximate surface area is 91.7 Å². The van der Waals surface area contributed by atoms with Gasteiger partial charge in [-0.2, -0.15) is 5.10 Å². The number of fused-ring (bicyclic) bond motifs is 1. The predicted molar refractivity (Wildman–Crippen MR) is 60.3 cm³/mol. The van der Waals surface area contributed by atoms with Gasteiger partial charge in [0.25, 0.3) is 0 Å². The molecule has 0 aliphatic heterocycles. The second kappa shape index (κ2) is 4.31. The highest BCUT2D eigenvalue weighted by molar-refractivity contribution is 5.48. The van der Waals surface area contributed by atoms with Crippen molar-refractivity contribution >= 4 is 11.5 Å². The number of H-pyrrole nitrogens is 1. The average Bonchev–Trinajstić information content (AvgIpc) is 2.67. The maximum absolute atomic E-state index is 11.2. The van der Waals surface area contributed by atoms with Crippen LogP contribution in [0.4, 0.5) is 5.82 Å². The summed E-state index contributed by atoms with van der Waals surface area (Å²) in [6, 6.07) is 1.71. The molecule has 0 bridgehead atoms. The molecule has 0 aliphatic rings. The van der Waals surface area contributed by atoms with Gasteiger partial charge in [0.05, 0.1) is 0 Å². The minimum atomic E-state index is -0.288. The maximum atomic E-state index is 11.2. The molecule has 0 aliphatic carbocycles. The summed E-state index contributed by atoms with van der Waals surface area (Å²) in [6.07, 6.45) is 1.44. The molecule has 4 N–H and O–H groups in total. The first-order valence-corrected chi connectivity index (χ1v) is 5.07. The minimum Gasteiger partial charge on any atom is -0.370 e. The Kier molecular flexibility index (Phi) is 2.86. The molecular formula is C9H14N6O. The fourth-order valence-electron chi connectivity index (χ4n) is 1.27. The summed E-state index contributed by atoms with van der Waals surface area (Å²) in [6.45, 7) is 3.41. The molecule has 7 nitrogen and oxygen atoms in total. The van der Waals surface area contributed by atoms with Crippen molar-refractivity contribution in [3.8, 4) is 0 Å². The molecule has 2 heterocycles. The molecule has 16 heavy (non-hydrogen) atoms. The van der Waals surface area contributed by atoms with Crippen LogP contribution in [-0.4, -0.2) is 32.7 Å². The highest BCUT2D eigenvalue weighted by atomic mass is 16.1. The number of aromatic amines is 1. The molecule has 0 spiro atoms. The van der Waals surface area contributed by atoms with Gasteiger partial charge in [0.1, 0.15) is 12.1 Å². The third kappa shape index (κ3) is 2.03. The molecule has 1 unspecified atom stereocenters. The van der Waals surface area contributed by atoms with Gasteiger partial charge >= 0.3 is 5.69 Å². The van der Waals surface area contributed by atoms with Crippen molar-refractivity contribution in [1.82, 2.24) is 19.6 Å². The third-order valence-corrected chi connectivity index (χ3v) is 2.34. The Morgan fingerprint density at radius 2 is 2.50 bits per heavy atom. The van der Waals surface area contributed by atoms with Gasteiger partial charge in [0.15, 0.2) is 5.65 Å². The van der Waals surface area contributed by atoms with Gasteiger partial charge in [0.2, 0.25) is 0 Å². The van der Waals surface area contributed by atoms with Gasteiger partial charge < -0.3 is 11.1 Å². The van der Waals surface area contributed by atoms with Crippen molar-refractivity contribution in [3.05, 3.63) is 22.9 Å². The molecule has 2 aromatic heterocycles. The Bertz CT molecular complexity index is 530. The van der Waals surface area contributed by atoms with Crippen LogP contribution in [0.3, 0.4) is 0 Å². The molecule has 0 radical (unpaired) electrons. The van der Waals surface area contributed by atoms with Gasteiger partial charge in [-0.05, 0) is 12.5 Å². The molecule has 0 saturated heterocycles. The van der Waals surface area contributed by atoms with E-state index in [0.717, 1.165) is 6.54 Å². The quantitative estimate of drug-likeness (QED) is 0.642. The molecule has 0 fully saturated rings. The van der Waals surface area contributed by atoms with E-state index in [1.807, 2.05) is 6.92 Å². The molecule has 1 atom stereocenters. The smallest absolute Gasteiger partial charge is 0.348 e. The standard InChI is InChI=1S/C9H14N6O/c1-6(3-10)4-11-7-2-8-13-14-9(16)15(8)5-12-7/h2,5-6,11H,3-4,10H2,1H3,(H,14,16). The topological polar surface area (TPSA) is 101 Å². The van der Waals surface area contributed by atoms with E-state index in [2.05, 4.69) is 20.5 Å². The molecule has 86 valence electrons. The first-order chi connectivity index (χ1) is 7.70. The van der Waals surface area contributed by atoms with E-state index in [-0.39, 0.29) is 5.69 Å². The summed E-state index contributed by atoms with van der Waals surface area (Å²) in [5.41, 5.74) is 5.76. The first-order valence-electron chi connectivity index (χ1n) is 5.07. The molecule has 0 aromatic carbocycles. The first kappa shape index (κ1) is 10.6. The summed E-state index contributed by atoms with van der Waals surface area (Å²) in [5.74, 6) is 1.06. The Balaban J connectivity index is 2.17. The average molecular weight is 222 g/mol. The van der Waals surface area contributed by atoms with Gasteiger partial charge in [0, 0.05) is 12.6 Å². The van der Waals surface area contributed by atoms with Crippen LogP contribution in [0.1, 0.15) is 6.92 Å². The minimum absolute atomic E-state index is 0.288. The van der Waals surface area contributed by atoms with E-state index in [4.69, 9.17) is 5.73 Å². The van der Waals surface area contributed by atoms with E-state index in [9.17, 15) is 4.79 Å². The number of nitrogens with two attached hydrogens (primary N) is 1. The van der Waals surface area contributed by atoms with Gasteiger partial charge in [-0.15, -0.1) is 0 Å². The molecule has 7 heteroatoms. The Morgan fingerprint density at radius 1 is 1.69 bits per heavy atom. The lowest BCUT2D eigenvalue weighted by Crippen LogP contribution is -2.20. The zero-order valence-electron chi connectivity index (χ0n) is 8.97. The van der Waals surface area contributed by atoms with E-state index >= 15 is 0 Å². The van der Waals surface area contributed by atoms with Crippen molar-refractivity contribution in [1.29, 1.82) is 0 Å². The van der Waals surface area contributed by atoms with Crippen LogP contribution >= 0.6 is 0 Å². The zero-order chi connectivity index (χ0) is 11.5. The van der Waals surface area contributed by atoms with E-state index < -0.39 is 0 Å². The van der Waals surface area contributed by atoms with Crippen molar-refractivity contribution in [2.24, 2.45) is 11.7 Å². The number of hydrogen-bond donors (Lipinski definition) is 3. The lowest BCUT2D eigenvalue weighted by Gasteiger charge is -2.09. The largest absolute Gasteiger partial charge is 0.370 e. The lowest BCUT2D eigenvalue weighted by atomic mass is 10.2. The van der Waals surface area contributed by atoms with Gasteiger partial charge in [-0.1, -0.05) is 6.92 Å². The second-order valence-electron chi connectivity index (χ2n) is 3.75. The fourth-order valence-corrected chi connectivity index (χ4v) is 1.27. The summed E-state index contributed by atoms with van der Waals surface area (Å²) >= 11 is 0. The number of aromatic nitrogens is 4. The van der Waals surface area contributed by atoms with Crippen LogP contribution in [0.5, 0.6) is 0 Å². The SMILES string of the molecule is CC(CN)CNc1cc2n[nH]c(=O)n2cn1. The normalized spacial score (nSPS) is 12.9. The fraction of sp³-hybridized carbons (Fsp3) is 0.444. The van der Waals surface area contributed by atoms with Crippen molar-refractivity contribution in [2.45, 2.75) is 6.92 Å². The van der Waals surface area contributed by atoms with Crippen LogP contribution in [0.25, 0.3) is 5.65 Å². The summed E-state index contributed by atoms with van der Waals surface area (Å²) < 4.78 is 1.34. The van der Waals surface area contributed by atoms with Crippen molar-refractivity contribution in [3.63, 3.8) is 0 Å². The van der Waals surface area contributed by atoms with E-state index in [0.29, 0.717) is 23.9 Å². The van der Waals surface area contributed by atoms with Crippen molar-refractivity contribution < 1.29 is 0 Å². The summed E-state index contributed by atoms with van der Waals surface area (Å²) in [4.78, 5) is 15.3. The summed E-state index contributed by atoms with van der Waals surface area (Å²) in [7, 11) is 0. The lowest BCUT2D eigenvalue weighted by molar-refractivity contribution is 0.627. The number of nitrogens with one attached hydrogen (secondary N) is 2.